The molecule has 0 saturated carbocycles. The smallest absolute Gasteiger partial charge is 0.326 e. The molecule has 0 aromatic heterocycles. The third-order valence-electron chi connectivity index (χ3n) is 2.60. The Kier molecular flexibility index (Phi) is 5.71. The number of hydrogen-bond donors (Lipinski definition) is 3. The average Bonchev–Trinajstić information content (AvgIpc) is 2.33. The van der Waals surface area contributed by atoms with Crippen molar-refractivity contribution in [3.8, 4) is 5.75 Å². The van der Waals surface area contributed by atoms with E-state index in [2.05, 4.69) is 5.32 Å². The first kappa shape index (κ1) is 16.5. The summed E-state index contributed by atoms with van der Waals surface area (Å²) in [6.45, 7) is 3.45. The molecule has 2 amide bonds. The normalized spacial score (nSPS) is 11.5. The van der Waals surface area contributed by atoms with Gasteiger partial charge >= 0.3 is 5.97 Å². The van der Waals surface area contributed by atoms with E-state index in [1.807, 2.05) is 19.9 Å². The number of benzene rings is 1. The molecule has 7 nitrogen and oxygen atoms in total. The van der Waals surface area contributed by atoms with Crippen LogP contribution in [0.4, 0.5) is 0 Å². The number of aliphatic carboxylic acids is 1. The molecule has 0 fully saturated rings. The summed E-state index contributed by atoms with van der Waals surface area (Å²) in [6, 6.07) is 4.13. The highest BCUT2D eigenvalue weighted by Crippen LogP contribution is 2.15. The van der Waals surface area contributed by atoms with Gasteiger partial charge in [0, 0.05) is 0 Å². The Morgan fingerprint density at radius 3 is 2.29 bits per heavy atom. The van der Waals surface area contributed by atoms with E-state index in [4.69, 9.17) is 15.6 Å². The molecule has 0 spiro atoms. The lowest BCUT2D eigenvalue weighted by atomic mass is 10.1. The van der Waals surface area contributed by atoms with Gasteiger partial charge in [0.1, 0.15) is 11.8 Å². The number of aryl methyl sites for hydroxylation is 2. The number of carboxylic acids is 1. The average molecular weight is 294 g/mol. The number of nitrogens with two attached hydrogens (primary N) is 1. The molecule has 0 saturated heterocycles. The van der Waals surface area contributed by atoms with Crippen molar-refractivity contribution >= 4 is 17.8 Å². The lowest BCUT2D eigenvalue weighted by Gasteiger charge is -2.13. The van der Waals surface area contributed by atoms with Crippen molar-refractivity contribution in [1.29, 1.82) is 0 Å². The van der Waals surface area contributed by atoms with Crippen LogP contribution in [0, 0.1) is 13.8 Å². The number of nitrogens with one attached hydrogen (secondary N) is 1. The van der Waals surface area contributed by atoms with Crippen molar-refractivity contribution in [2.75, 3.05) is 6.61 Å². The molecule has 0 radical (unpaired) electrons. The fourth-order valence-electron chi connectivity index (χ4n) is 1.80. The number of carbonyl (C=O) groups excluding carboxylic acids is 2. The molecular weight excluding hydrogens is 276 g/mol. The van der Waals surface area contributed by atoms with Crippen molar-refractivity contribution in [1.82, 2.24) is 5.32 Å². The second kappa shape index (κ2) is 7.28. The van der Waals surface area contributed by atoms with Gasteiger partial charge < -0.3 is 20.9 Å². The summed E-state index contributed by atoms with van der Waals surface area (Å²) in [4.78, 5) is 33.2. The summed E-state index contributed by atoms with van der Waals surface area (Å²) < 4.78 is 5.29. The molecule has 0 heterocycles. The highest BCUT2D eigenvalue weighted by atomic mass is 16.5. The molecule has 7 heteroatoms. The molecule has 1 unspecified atom stereocenters. The molecule has 4 N–H and O–H groups in total. The van der Waals surface area contributed by atoms with E-state index in [9.17, 15) is 14.4 Å². The molecule has 1 rings (SSSR count). The van der Waals surface area contributed by atoms with E-state index < -0.39 is 30.2 Å². The molecule has 0 aliphatic heterocycles. The molecule has 0 aliphatic carbocycles. The van der Waals surface area contributed by atoms with Gasteiger partial charge in [0.05, 0.1) is 6.42 Å². The first-order valence-corrected chi connectivity index (χ1v) is 6.29. The largest absolute Gasteiger partial charge is 0.484 e. The molecule has 1 aromatic rings. The van der Waals surface area contributed by atoms with E-state index in [1.165, 1.54) is 0 Å². The zero-order chi connectivity index (χ0) is 16.0. The Labute approximate surface area is 122 Å². The monoisotopic (exact) mass is 294 g/mol. The second-order valence-electron chi connectivity index (χ2n) is 4.74. The van der Waals surface area contributed by atoms with Gasteiger partial charge in [-0.2, -0.15) is 0 Å². The van der Waals surface area contributed by atoms with E-state index in [0.29, 0.717) is 5.75 Å². The number of rotatable bonds is 7. The highest BCUT2D eigenvalue weighted by molar-refractivity contribution is 5.88. The minimum Gasteiger partial charge on any atom is -0.484 e. The van der Waals surface area contributed by atoms with Crippen LogP contribution >= 0.6 is 0 Å². The lowest BCUT2D eigenvalue weighted by molar-refractivity contribution is -0.143. The van der Waals surface area contributed by atoms with E-state index >= 15 is 0 Å². The SMILES string of the molecule is Cc1cc(C)cc(OCC(=O)NC(CC(N)=O)C(=O)O)c1. The van der Waals surface area contributed by atoms with Crippen LogP contribution in [0.5, 0.6) is 5.75 Å². The number of amides is 2. The van der Waals surface area contributed by atoms with Crippen LogP contribution in [0.2, 0.25) is 0 Å². The van der Waals surface area contributed by atoms with Crippen LogP contribution in [0.3, 0.4) is 0 Å². The van der Waals surface area contributed by atoms with Gasteiger partial charge in [0.25, 0.3) is 5.91 Å². The van der Waals surface area contributed by atoms with Crippen LogP contribution in [0.25, 0.3) is 0 Å². The summed E-state index contributed by atoms with van der Waals surface area (Å²) in [5.74, 6) is -2.25. The minimum absolute atomic E-state index is 0.342. The first-order valence-electron chi connectivity index (χ1n) is 6.29. The van der Waals surface area contributed by atoms with Gasteiger partial charge in [-0.05, 0) is 37.1 Å². The third-order valence-corrected chi connectivity index (χ3v) is 2.60. The van der Waals surface area contributed by atoms with Crippen molar-refractivity contribution in [3.05, 3.63) is 29.3 Å². The Balaban J connectivity index is 2.56. The third kappa shape index (κ3) is 5.94. The van der Waals surface area contributed by atoms with Gasteiger partial charge in [-0.15, -0.1) is 0 Å². The highest BCUT2D eigenvalue weighted by Gasteiger charge is 2.22. The van der Waals surface area contributed by atoms with Gasteiger partial charge in [-0.25, -0.2) is 4.79 Å². The number of hydrogen-bond acceptors (Lipinski definition) is 4. The van der Waals surface area contributed by atoms with Gasteiger partial charge in [0.2, 0.25) is 5.91 Å². The Morgan fingerprint density at radius 1 is 1.24 bits per heavy atom. The number of ether oxygens (including phenoxy) is 1. The zero-order valence-corrected chi connectivity index (χ0v) is 11.9. The minimum atomic E-state index is -1.35. The summed E-state index contributed by atoms with van der Waals surface area (Å²) in [5, 5.41) is 11.0. The van der Waals surface area contributed by atoms with E-state index in [1.54, 1.807) is 12.1 Å². The van der Waals surface area contributed by atoms with E-state index in [-0.39, 0.29) is 6.61 Å². The fraction of sp³-hybridized carbons (Fsp3) is 0.357. The molecule has 0 bridgehead atoms. The Hall–Kier alpha value is -2.57. The molecule has 21 heavy (non-hydrogen) atoms. The molecule has 1 atom stereocenters. The zero-order valence-electron chi connectivity index (χ0n) is 11.9. The standard InChI is InChI=1S/C14H18N2O5/c1-8-3-9(2)5-10(4-8)21-7-13(18)16-11(14(19)20)6-12(15)17/h3-5,11H,6-7H2,1-2H3,(H2,15,17)(H,16,18)(H,19,20). The Morgan fingerprint density at radius 2 is 1.81 bits per heavy atom. The molecular formula is C14H18N2O5. The quantitative estimate of drug-likeness (QED) is 0.660. The summed E-state index contributed by atoms with van der Waals surface area (Å²) in [5.41, 5.74) is 6.90. The van der Waals surface area contributed by atoms with Gasteiger partial charge in [-0.1, -0.05) is 6.07 Å². The first-order chi connectivity index (χ1) is 9.77. The predicted molar refractivity (Wildman–Crippen MR) is 74.8 cm³/mol. The van der Waals surface area contributed by atoms with Crippen molar-refractivity contribution in [2.24, 2.45) is 5.73 Å². The fourth-order valence-corrected chi connectivity index (χ4v) is 1.80. The number of carboxylic acid groups (broad SMARTS) is 1. The van der Waals surface area contributed by atoms with Crippen LogP contribution in [0.1, 0.15) is 17.5 Å². The van der Waals surface area contributed by atoms with Crippen molar-refractivity contribution in [3.63, 3.8) is 0 Å². The van der Waals surface area contributed by atoms with Crippen LogP contribution in [0.15, 0.2) is 18.2 Å². The molecule has 1 aromatic carbocycles. The maximum Gasteiger partial charge on any atom is 0.326 e. The van der Waals surface area contributed by atoms with Crippen LogP contribution in [-0.2, 0) is 14.4 Å². The van der Waals surface area contributed by atoms with Gasteiger partial charge in [-0.3, -0.25) is 9.59 Å². The maximum absolute atomic E-state index is 11.6. The Bertz CT molecular complexity index is 536. The second-order valence-corrected chi connectivity index (χ2v) is 4.74. The van der Waals surface area contributed by atoms with E-state index in [0.717, 1.165) is 11.1 Å². The molecule has 114 valence electrons. The number of primary amides is 1. The van der Waals surface area contributed by atoms with Crippen molar-refractivity contribution in [2.45, 2.75) is 26.3 Å². The lowest BCUT2D eigenvalue weighted by Crippen LogP contribution is -2.45. The summed E-state index contributed by atoms with van der Waals surface area (Å²) >= 11 is 0. The van der Waals surface area contributed by atoms with Crippen LogP contribution < -0.4 is 15.8 Å². The predicted octanol–water partition coefficient (Wildman–Crippen LogP) is 0.127. The molecule has 0 aliphatic rings. The topological polar surface area (TPSA) is 119 Å². The van der Waals surface area contributed by atoms with Gasteiger partial charge in [0.15, 0.2) is 6.61 Å². The summed E-state index contributed by atoms with van der Waals surface area (Å²) in [7, 11) is 0. The van der Waals surface area contributed by atoms with Crippen LogP contribution in [-0.4, -0.2) is 35.5 Å². The van der Waals surface area contributed by atoms with Crippen molar-refractivity contribution < 1.29 is 24.2 Å². The maximum atomic E-state index is 11.6. The summed E-state index contributed by atoms with van der Waals surface area (Å²) in [6.07, 6.45) is -0.468. The number of carbonyl (C=O) groups is 3.